The Kier molecular flexibility index (Phi) is 2.34. The van der Waals surface area contributed by atoms with Crippen LogP contribution in [0.5, 0.6) is 0 Å². The summed E-state index contributed by atoms with van der Waals surface area (Å²) in [4.78, 5) is 14.8. The molecule has 100 valence electrons. The second-order valence-corrected chi connectivity index (χ2v) is 5.49. The van der Waals surface area contributed by atoms with E-state index in [4.69, 9.17) is 4.42 Å². The molecule has 1 N–H and O–H groups in total. The van der Waals surface area contributed by atoms with Gasteiger partial charge in [0, 0.05) is 25.2 Å². The first-order valence-electron chi connectivity index (χ1n) is 6.83. The van der Waals surface area contributed by atoms with Crippen LogP contribution >= 0.6 is 0 Å². The Morgan fingerprint density at radius 1 is 1.32 bits per heavy atom. The van der Waals surface area contributed by atoms with Crippen molar-refractivity contribution in [1.29, 1.82) is 0 Å². The maximum Gasteiger partial charge on any atom is 0.258 e. The van der Waals surface area contributed by atoms with Gasteiger partial charge in [-0.1, -0.05) is 0 Å². The zero-order valence-corrected chi connectivity index (χ0v) is 10.9. The highest BCUT2D eigenvalue weighted by atomic mass is 16.3. The Balaban J connectivity index is 1.63. The van der Waals surface area contributed by atoms with Crippen LogP contribution in [0.3, 0.4) is 0 Å². The van der Waals surface area contributed by atoms with Crippen LogP contribution in [0.2, 0.25) is 0 Å². The number of carbonyl (C=O) groups is 1. The molecule has 2 aromatic heterocycles. The predicted octanol–water partition coefficient (Wildman–Crippen LogP) is 1.29. The Hall–Kier alpha value is -1.59. The van der Waals surface area contributed by atoms with Crippen molar-refractivity contribution in [3.05, 3.63) is 23.8 Å². The van der Waals surface area contributed by atoms with Crippen molar-refractivity contribution in [3.63, 3.8) is 0 Å². The molecule has 4 heterocycles. The average Bonchev–Trinajstić information content (AvgIpc) is 3.11. The van der Waals surface area contributed by atoms with E-state index in [1.54, 1.807) is 0 Å². The number of hydrogen-bond donors (Lipinski definition) is 1. The molecule has 5 nitrogen and oxygen atoms in total. The fourth-order valence-corrected chi connectivity index (χ4v) is 3.51. The fourth-order valence-electron chi connectivity index (χ4n) is 3.51. The molecule has 0 aliphatic carbocycles. The van der Waals surface area contributed by atoms with Crippen molar-refractivity contribution in [2.75, 3.05) is 20.1 Å². The van der Waals surface area contributed by atoms with Crippen molar-refractivity contribution >= 4 is 17.1 Å². The fraction of sp³-hybridized carbons (Fsp3) is 0.500. The molecule has 2 unspecified atom stereocenters. The summed E-state index contributed by atoms with van der Waals surface area (Å²) in [7, 11) is 1.94. The van der Waals surface area contributed by atoms with Crippen molar-refractivity contribution in [2.45, 2.75) is 24.9 Å². The third-order valence-corrected chi connectivity index (χ3v) is 4.44. The van der Waals surface area contributed by atoms with Gasteiger partial charge in [0.15, 0.2) is 0 Å². The minimum Gasteiger partial charge on any atom is -0.457 e. The summed E-state index contributed by atoms with van der Waals surface area (Å²) in [5.41, 5.74) is 5.43. The van der Waals surface area contributed by atoms with Gasteiger partial charge in [0.2, 0.25) is 0 Å². The van der Waals surface area contributed by atoms with Crippen molar-refractivity contribution in [2.24, 2.45) is 0 Å². The van der Waals surface area contributed by atoms with E-state index in [0.717, 1.165) is 42.7 Å². The summed E-state index contributed by atoms with van der Waals surface area (Å²) in [5, 5.41) is 2.21. The Morgan fingerprint density at radius 3 is 2.58 bits per heavy atom. The maximum absolute atomic E-state index is 12.7. The normalized spacial score (nSPS) is 27.5. The van der Waals surface area contributed by atoms with E-state index in [9.17, 15) is 4.79 Å². The van der Waals surface area contributed by atoms with Gasteiger partial charge in [-0.05, 0) is 38.1 Å². The molecule has 0 radical (unpaired) electrons. The lowest BCUT2D eigenvalue weighted by molar-refractivity contribution is 0.0313. The Labute approximate surface area is 111 Å². The van der Waals surface area contributed by atoms with Crippen LogP contribution < -0.4 is 5.43 Å². The zero-order chi connectivity index (χ0) is 13.0. The molecular formula is C14H17N3O2. The van der Waals surface area contributed by atoms with Crippen molar-refractivity contribution in [3.8, 4) is 0 Å². The molecule has 2 atom stereocenters. The number of carbonyl (C=O) groups excluding carboxylic acids is 1. The summed E-state index contributed by atoms with van der Waals surface area (Å²) in [6.07, 6.45) is 2.20. The molecule has 2 saturated heterocycles. The number of amides is 1. The highest BCUT2D eigenvalue weighted by Gasteiger charge is 2.43. The maximum atomic E-state index is 12.7. The van der Waals surface area contributed by atoms with Gasteiger partial charge in [-0.15, -0.1) is 0 Å². The van der Waals surface area contributed by atoms with Crippen LogP contribution in [-0.4, -0.2) is 48.0 Å². The van der Waals surface area contributed by atoms with Crippen molar-refractivity contribution < 1.29 is 9.21 Å². The number of nitrogens with zero attached hydrogens (tertiary/aromatic N) is 2. The van der Waals surface area contributed by atoms with Crippen LogP contribution in [0, 0.1) is 0 Å². The molecule has 5 heteroatoms. The second kappa shape index (κ2) is 3.95. The number of fused-ring (bicyclic) bond motifs is 4. The summed E-state index contributed by atoms with van der Waals surface area (Å²) in [6.45, 7) is 1.82. The van der Waals surface area contributed by atoms with E-state index in [1.165, 1.54) is 0 Å². The quantitative estimate of drug-likeness (QED) is 0.883. The average molecular weight is 259 g/mol. The van der Waals surface area contributed by atoms with Crippen LogP contribution in [0.15, 0.2) is 22.6 Å². The largest absolute Gasteiger partial charge is 0.457 e. The third-order valence-electron chi connectivity index (χ3n) is 4.44. The summed E-state index contributed by atoms with van der Waals surface area (Å²) in [5.74, 6) is 0.137. The van der Waals surface area contributed by atoms with Crippen LogP contribution in [-0.2, 0) is 0 Å². The van der Waals surface area contributed by atoms with E-state index in [2.05, 4.69) is 15.3 Å². The predicted molar refractivity (Wildman–Crippen MR) is 71.0 cm³/mol. The molecule has 2 aliphatic heterocycles. The molecule has 1 amide bonds. The minimum atomic E-state index is 0.137. The highest BCUT2D eigenvalue weighted by molar-refractivity contribution is 6.03. The highest BCUT2D eigenvalue weighted by Crippen LogP contribution is 2.33. The molecule has 4 rings (SSSR count). The van der Waals surface area contributed by atoms with E-state index in [1.807, 2.05) is 25.2 Å². The van der Waals surface area contributed by atoms with E-state index in [-0.39, 0.29) is 5.91 Å². The lowest BCUT2D eigenvalue weighted by Crippen LogP contribution is -2.58. The van der Waals surface area contributed by atoms with E-state index >= 15 is 0 Å². The standard InChI is InChI=1S/C14H17N3O2/c1-15-16-7-9-2-3-10(8-16)17(9)14(18)12-6-11-4-5-13(12)19-11/h4-6,9-10,15H,2-3,7-8H2,1H3. The van der Waals surface area contributed by atoms with Gasteiger partial charge in [0.1, 0.15) is 11.2 Å². The van der Waals surface area contributed by atoms with Gasteiger partial charge < -0.3 is 9.32 Å². The number of hydrogen-bond acceptors (Lipinski definition) is 4. The first-order chi connectivity index (χ1) is 9.26. The third kappa shape index (κ3) is 1.58. The molecule has 2 aliphatic rings. The van der Waals surface area contributed by atoms with Crippen LogP contribution in [0.1, 0.15) is 23.2 Å². The number of piperazine rings is 1. The zero-order valence-electron chi connectivity index (χ0n) is 10.9. The first-order valence-corrected chi connectivity index (χ1v) is 6.83. The summed E-state index contributed by atoms with van der Waals surface area (Å²) in [6, 6.07) is 6.30. The van der Waals surface area contributed by atoms with Gasteiger partial charge in [-0.25, -0.2) is 5.01 Å². The minimum absolute atomic E-state index is 0.137. The lowest BCUT2D eigenvalue weighted by atomic mass is 10.1. The topological polar surface area (TPSA) is 48.7 Å². The molecule has 0 spiro atoms. The number of nitrogens with one attached hydrogen (secondary N) is 1. The molecule has 0 aromatic carbocycles. The van der Waals surface area contributed by atoms with Gasteiger partial charge >= 0.3 is 0 Å². The molecule has 0 saturated carbocycles. The van der Waals surface area contributed by atoms with Gasteiger partial charge in [0.05, 0.1) is 5.56 Å². The molecule has 2 aromatic rings. The second-order valence-electron chi connectivity index (χ2n) is 5.49. The molecular weight excluding hydrogens is 242 g/mol. The monoisotopic (exact) mass is 259 g/mol. The SMILES string of the molecule is CNN1CC2CCC(C1)N2C(=O)c1cc2ccc1o2. The number of benzene rings is 1. The van der Waals surface area contributed by atoms with Gasteiger partial charge in [-0.2, -0.15) is 0 Å². The smallest absolute Gasteiger partial charge is 0.258 e. The Bertz CT molecular complexity index is 594. The van der Waals surface area contributed by atoms with Gasteiger partial charge in [0.25, 0.3) is 5.91 Å². The molecule has 4 bridgehead atoms. The van der Waals surface area contributed by atoms with E-state index < -0.39 is 0 Å². The molecule has 2 fully saturated rings. The summed E-state index contributed by atoms with van der Waals surface area (Å²) < 4.78 is 5.49. The van der Waals surface area contributed by atoms with Crippen molar-refractivity contribution in [1.82, 2.24) is 15.3 Å². The van der Waals surface area contributed by atoms with Crippen LogP contribution in [0.25, 0.3) is 11.2 Å². The Morgan fingerprint density at radius 2 is 2.05 bits per heavy atom. The number of rotatable bonds is 2. The summed E-state index contributed by atoms with van der Waals surface area (Å²) >= 11 is 0. The van der Waals surface area contributed by atoms with E-state index in [0.29, 0.717) is 12.1 Å². The number of hydrazine groups is 1. The number of furan rings is 2. The molecule has 19 heavy (non-hydrogen) atoms. The first kappa shape index (κ1) is 11.3. The van der Waals surface area contributed by atoms with Crippen LogP contribution in [0.4, 0.5) is 0 Å². The lowest BCUT2D eigenvalue weighted by Gasteiger charge is -2.40. The van der Waals surface area contributed by atoms with Gasteiger partial charge in [-0.3, -0.25) is 10.2 Å².